The summed E-state index contributed by atoms with van der Waals surface area (Å²) in [6.07, 6.45) is 4.44. The standard InChI is InChI=1S/C55H39N3S/c1-55(2)46-21-13-12-20-40(46)41-31-43-42-28-36(22-25-50(42)58(51(43)32-47(41)55)39-18-10-5-11-19-39)37-23-26-52-44(29-37)45-30-38(24-27-53(45)59-52)54-56-48(34-14-6-3-7-15-34)33-49(57-54)35-16-8-4-9-17-35/h3-21,23-24,26-33H,22,25H2,1-2H3. The van der Waals surface area contributed by atoms with Crippen LogP contribution in [0.2, 0.25) is 0 Å². The van der Waals surface area contributed by atoms with E-state index in [4.69, 9.17) is 9.97 Å². The number of allylic oxidation sites excluding steroid dienone is 1. The summed E-state index contributed by atoms with van der Waals surface area (Å²) < 4.78 is 5.10. The molecule has 7 aromatic carbocycles. The molecule has 0 spiro atoms. The summed E-state index contributed by atoms with van der Waals surface area (Å²) in [6.45, 7) is 4.75. The zero-order chi connectivity index (χ0) is 39.2. The summed E-state index contributed by atoms with van der Waals surface area (Å²) in [5, 5.41) is 3.85. The zero-order valence-corrected chi connectivity index (χ0v) is 33.7. The molecular formula is C55H39N3S. The third kappa shape index (κ3) is 5.40. The molecule has 3 heterocycles. The maximum Gasteiger partial charge on any atom is 0.160 e. The third-order valence-corrected chi connectivity index (χ3v) is 13.9. The van der Waals surface area contributed by atoms with Gasteiger partial charge in [-0.2, -0.15) is 0 Å². The third-order valence-electron chi connectivity index (χ3n) is 12.7. The van der Waals surface area contributed by atoms with Crippen LogP contribution >= 0.6 is 11.3 Å². The summed E-state index contributed by atoms with van der Waals surface area (Å²) >= 11 is 1.85. The van der Waals surface area contributed by atoms with E-state index in [0.29, 0.717) is 0 Å². The average Bonchev–Trinajstić information content (AvgIpc) is 3.90. The first-order valence-corrected chi connectivity index (χ1v) is 21.3. The number of aromatic nitrogens is 3. The number of nitrogens with zero attached hydrogens (tertiary/aromatic N) is 3. The topological polar surface area (TPSA) is 30.7 Å². The monoisotopic (exact) mass is 773 g/mol. The molecule has 12 rings (SSSR count). The average molecular weight is 774 g/mol. The van der Waals surface area contributed by atoms with Crippen LogP contribution in [0, 0.1) is 0 Å². The van der Waals surface area contributed by atoms with Crippen LogP contribution in [0.5, 0.6) is 0 Å². The van der Waals surface area contributed by atoms with Gasteiger partial charge in [0.15, 0.2) is 5.82 Å². The second-order valence-electron chi connectivity index (χ2n) is 16.5. The van der Waals surface area contributed by atoms with E-state index in [0.717, 1.165) is 46.7 Å². The molecule has 0 saturated heterocycles. The van der Waals surface area contributed by atoms with Gasteiger partial charge in [0.05, 0.1) is 16.9 Å². The number of thiophene rings is 1. The highest BCUT2D eigenvalue weighted by Crippen LogP contribution is 2.51. The van der Waals surface area contributed by atoms with E-state index < -0.39 is 0 Å². The molecule has 2 aliphatic rings. The van der Waals surface area contributed by atoms with E-state index in [1.54, 1.807) is 0 Å². The van der Waals surface area contributed by atoms with Crippen molar-refractivity contribution in [1.29, 1.82) is 0 Å². The quantitative estimate of drug-likeness (QED) is 0.174. The van der Waals surface area contributed by atoms with Crippen LogP contribution in [0.4, 0.5) is 0 Å². The first kappa shape index (κ1) is 34.2. The Bertz CT molecular complexity index is 3280. The molecule has 4 heteroatoms. The molecule has 0 radical (unpaired) electrons. The number of benzene rings is 7. The van der Waals surface area contributed by atoms with Crippen molar-refractivity contribution in [3.8, 4) is 50.7 Å². The van der Waals surface area contributed by atoms with Crippen molar-refractivity contribution in [3.63, 3.8) is 0 Å². The lowest BCUT2D eigenvalue weighted by Crippen LogP contribution is -2.15. The number of fused-ring (bicyclic) bond motifs is 9. The highest BCUT2D eigenvalue weighted by molar-refractivity contribution is 7.25. The Morgan fingerprint density at radius 2 is 1.12 bits per heavy atom. The molecule has 0 amide bonds. The number of rotatable bonds is 5. The molecule has 3 aromatic heterocycles. The molecule has 0 unspecified atom stereocenters. The summed E-state index contributed by atoms with van der Waals surface area (Å²) in [6, 6.07) is 61.6. The van der Waals surface area contributed by atoms with Crippen molar-refractivity contribution in [1.82, 2.24) is 14.5 Å². The molecule has 280 valence electrons. The van der Waals surface area contributed by atoms with Gasteiger partial charge in [0, 0.05) is 64.6 Å². The molecule has 10 aromatic rings. The van der Waals surface area contributed by atoms with Gasteiger partial charge in [-0.15, -0.1) is 11.3 Å². The van der Waals surface area contributed by atoms with Gasteiger partial charge in [0.2, 0.25) is 0 Å². The molecule has 3 nitrogen and oxygen atoms in total. The molecular weight excluding hydrogens is 735 g/mol. The minimum Gasteiger partial charge on any atom is -0.313 e. The Labute approximate surface area is 347 Å². The van der Waals surface area contributed by atoms with Gasteiger partial charge in [0.25, 0.3) is 0 Å². The van der Waals surface area contributed by atoms with Crippen molar-refractivity contribution >= 4 is 54.1 Å². The summed E-state index contributed by atoms with van der Waals surface area (Å²) in [4.78, 5) is 10.3. The van der Waals surface area contributed by atoms with Crippen LogP contribution in [-0.4, -0.2) is 14.5 Å². The highest BCUT2D eigenvalue weighted by atomic mass is 32.1. The van der Waals surface area contributed by atoms with E-state index in [-0.39, 0.29) is 5.41 Å². The number of hydrogen-bond acceptors (Lipinski definition) is 3. The van der Waals surface area contributed by atoms with E-state index >= 15 is 0 Å². The van der Waals surface area contributed by atoms with Crippen molar-refractivity contribution in [2.45, 2.75) is 32.1 Å². The number of hydrogen-bond donors (Lipinski definition) is 0. The molecule has 59 heavy (non-hydrogen) atoms. The van der Waals surface area contributed by atoms with Crippen molar-refractivity contribution < 1.29 is 0 Å². The first-order valence-electron chi connectivity index (χ1n) is 20.5. The van der Waals surface area contributed by atoms with Crippen LogP contribution in [0.1, 0.15) is 48.2 Å². The van der Waals surface area contributed by atoms with Gasteiger partial charge in [0.1, 0.15) is 0 Å². The largest absolute Gasteiger partial charge is 0.313 e. The highest BCUT2D eigenvalue weighted by Gasteiger charge is 2.36. The van der Waals surface area contributed by atoms with Gasteiger partial charge < -0.3 is 4.57 Å². The Kier molecular flexibility index (Phi) is 7.57. The van der Waals surface area contributed by atoms with Crippen molar-refractivity contribution in [2.75, 3.05) is 0 Å². The molecule has 0 N–H and O–H groups in total. The minimum atomic E-state index is -0.0625. The molecule has 0 aliphatic heterocycles. The second kappa shape index (κ2) is 13.1. The molecule has 0 bridgehead atoms. The Balaban J connectivity index is 1.00. The lowest BCUT2D eigenvalue weighted by atomic mass is 9.82. The van der Waals surface area contributed by atoms with Crippen LogP contribution in [-0.2, 0) is 11.8 Å². The Morgan fingerprint density at radius 3 is 1.81 bits per heavy atom. The normalized spacial score (nSPS) is 14.0. The van der Waals surface area contributed by atoms with Crippen LogP contribution < -0.4 is 0 Å². The molecule has 0 saturated carbocycles. The SMILES string of the molecule is CC1(C)c2ccccc2-c2cc3c4c(n(-c5ccccc5)c3cc21)CCC(c1ccc2sc3ccc(-c5nc(-c6ccccc6)cc(-c6ccccc6)n5)cc3c2c1)=C4. The van der Waals surface area contributed by atoms with E-state index in [1.807, 2.05) is 23.5 Å². The fourth-order valence-corrected chi connectivity index (χ4v) is 10.8. The summed E-state index contributed by atoms with van der Waals surface area (Å²) in [7, 11) is 0. The van der Waals surface area contributed by atoms with Gasteiger partial charge >= 0.3 is 0 Å². The van der Waals surface area contributed by atoms with E-state index in [9.17, 15) is 0 Å². The van der Waals surface area contributed by atoms with Crippen LogP contribution in [0.25, 0.3) is 93.4 Å². The maximum atomic E-state index is 5.15. The Morgan fingerprint density at radius 1 is 0.508 bits per heavy atom. The smallest absolute Gasteiger partial charge is 0.160 e. The van der Waals surface area contributed by atoms with Gasteiger partial charge in [-0.1, -0.05) is 123 Å². The zero-order valence-electron chi connectivity index (χ0n) is 32.9. The summed E-state index contributed by atoms with van der Waals surface area (Å²) in [5.74, 6) is 0.734. The van der Waals surface area contributed by atoms with E-state index in [2.05, 4.69) is 182 Å². The lowest BCUT2D eigenvalue weighted by molar-refractivity contribution is 0.661. The maximum absolute atomic E-state index is 5.15. The predicted octanol–water partition coefficient (Wildman–Crippen LogP) is 14.6. The van der Waals surface area contributed by atoms with Gasteiger partial charge in [-0.25, -0.2) is 9.97 Å². The minimum absolute atomic E-state index is 0.0625. The first-order chi connectivity index (χ1) is 29.0. The van der Waals surface area contributed by atoms with Crippen molar-refractivity contribution in [3.05, 3.63) is 198 Å². The summed E-state index contributed by atoms with van der Waals surface area (Å²) in [5.41, 5.74) is 18.4. The van der Waals surface area contributed by atoms with Gasteiger partial charge in [-0.05, 0) is 113 Å². The lowest BCUT2D eigenvalue weighted by Gasteiger charge is -2.22. The molecule has 2 aliphatic carbocycles. The van der Waals surface area contributed by atoms with E-state index in [1.165, 1.54) is 81.4 Å². The van der Waals surface area contributed by atoms with Crippen LogP contribution in [0.15, 0.2) is 170 Å². The molecule has 0 fully saturated rings. The molecule has 0 atom stereocenters. The fraction of sp³-hybridized carbons (Fsp3) is 0.0909. The second-order valence-corrected chi connectivity index (χ2v) is 17.6. The number of para-hydroxylation sites is 1. The Hall–Kier alpha value is -6.88. The fourth-order valence-electron chi connectivity index (χ4n) is 9.77. The van der Waals surface area contributed by atoms with Crippen molar-refractivity contribution in [2.24, 2.45) is 0 Å². The predicted molar refractivity (Wildman–Crippen MR) is 248 cm³/mol. The van der Waals surface area contributed by atoms with Gasteiger partial charge in [-0.3, -0.25) is 0 Å². The van der Waals surface area contributed by atoms with Crippen LogP contribution in [0.3, 0.4) is 0 Å².